The summed E-state index contributed by atoms with van der Waals surface area (Å²) in [6.07, 6.45) is -0.638. The van der Waals surface area contributed by atoms with Crippen molar-refractivity contribution in [2.24, 2.45) is 0 Å². The first-order valence-corrected chi connectivity index (χ1v) is 6.90. The highest BCUT2D eigenvalue weighted by Gasteiger charge is 2.16. The lowest BCUT2D eigenvalue weighted by molar-refractivity contribution is 0.208. The topological polar surface area (TPSA) is 38.0 Å². The van der Waals surface area contributed by atoms with Crippen LogP contribution in [0.3, 0.4) is 0 Å². The van der Waals surface area contributed by atoms with Crippen LogP contribution >= 0.6 is 0 Å². The molecule has 1 aromatic heterocycles. The zero-order valence-corrected chi connectivity index (χ0v) is 11.7. The standard InChI is InChI=1S/C17H18N2O/c1-3-19-16(10-12(2)18-19)17(20)15-9-8-13-6-4-5-7-14(13)11-15/h4-11,17,20H,3H2,1-2H3. The number of fused-ring (bicyclic) bond motifs is 1. The normalized spacial score (nSPS) is 12.8. The molecule has 0 saturated carbocycles. The van der Waals surface area contributed by atoms with Crippen LogP contribution in [-0.2, 0) is 6.54 Å². The molecule has 102 valence electrons. The van der Waals surface area contributed by atoms with Crippen LogP contribution in [0.4, 0.5) is 0 Å². The molecule has 0 aliphatic carbocycles. The Hall–Kier alpha value is -2.13. The fourth-order valence-corrected chi connectivity index (χ4v) is 2.59. The van der Waals surface area contributed by atoms with Gasteiger partial charge in [-0.15, -0.1) is 0 Å². The zero-order chi connectivity index (χ0) is 14.1. The SMILES string of the molecule is CCn1nc(C)cc1C(O)c1ccc2ccccc2c1. The first-order valence-electron chi connectivity index (χ1n) is 6.90. The molecule has 1 unspecified atom stereocenters. The minimum atomic E-state index is -0.638. The van der Waals surface area contributed by atoms with Gasteiger partial charge in [-0.3, -0.25) is 4.68 Å². The third-order valence-electron chi connectivity index (χ3n) is 3.60. The van der Waals surface area contributed by atoms with E-state index >= 15 is 0 Å². The van der Waals surface area contributed by atoms with Gasteiger partial charge in [-0.05, 0) is 42.3 Å². The Labute approximate surface area is 118 Å². The van der Waals surface area contributed by atoms with E-state index in [1.165, 1.54) is 5.39 Å². The summed E-state index contributed by atoms with van der Waals surface area (Å²) in [6.45, 7) is 4.74. The van der Waals surface area contributed by atoms with Gasteiger partial charge in [0, 0.05) is 6.54 Å². The minimum absolute atomic E-state index is 0.638. The molecule has 20 heavy (non-hydrogen) atoms. The molecule has 3 nitrogen and oxygen atoms in total. The van der Waals surface area contributed by atoms with Crippen LogP contribution in [0.15, 0.2) is 48.5 Å². The molecule has 1 atom stereocenters. The second-order valence-corrected chi connectivity index (χ2v) is 5.04. The van der Waals surface area contributed by atoms with Crippen LogP contribution in [0, 0.1) is 6.92 Å². The third kappa shape index (κ3) is 2.21. The van der Waals surface area contributed by atoms with E-state index in [1.54, 1.807) is 0 Å². The predicted octanol–water partition coefficient (Wildman–Crippen LogP) is 3.45. The summed E-state index contributed by atoms with van der Waals surface area (Å²) >= 11 is 0. The second kappa shape index (κ2) is 5.10. The minimum Gasteiger partial charge on any atom is -0.382 e. The Morgan fingerprint density at radius 1 is 1.10 bits per heavy atom. The number of aliphatic hydroxyl groups is 1. The average molecular weight is 266 g/mol. The number of nitrogens with zero attached hydrogens (tertiary/aromatic N) is 2. The van der Waals surface area contributed by atoms with Gasteiger partial charge in [0.2, 0.25) is 0 Å². The molecule has 3 rings (SSSR count). The van der Waals surface area contributed by atoms with E-state index < -0.39 is 6.10 Å². The summed E-state index contributed by atoms with van der Waals surface area (Å²) in [5.74, 6) is 0. The first-order chi connectivity index (χ1) is 9.69. The van der Waals surface area contributed by atoms with Crippen LogP contribution in [0.2, 0.25) is 0 Å². The van der Waals surface area contributed by atoms with Crippen molar-refractivity contribution in [1.82, 2.24) is 9.78 Å². The number of aromatic nitrogens is 2. The van der Waals surface area contributed by atoms with Gasteiger partial charge in [0.1, 0.15) is 6.10 Å². The fourth-order valence-electron chi connectivity index (χ4n) is 2.59. The summed E-state index contributed by atoms with van der Waals surface area (Å²) in [6, 6.07) is 16.2. The Morgan fingerprint density at radius 3 is 2.60 bits per heavy atom. The number of aliphatic hydroxyl groups excluding tert-OH is 1. The van der Waals surface area contributed by atoms with E-state index in [1.807, 2.05) is 54.9 Å². The molecule has 0 radical (unpaired) electrons. The zero-order valence-electron chi connectivity index (χ0n) is 11.7. The molecule has 0 bridgehead atoms. The average Bonchev–Trinajstić information content (AvgIpc) is 2.87. The predicted molar refractivity (Wildman–Crippen MR) is 80.6 cm³/mol. The lowest BCUT2D eigenvalue weighted by Crippen LogP contribution is -2.09. The molecular formula is C17H18N2O. The number of hydrogen-bond acceptors (Lipinski definition) is 2. The van der Waals surface area contributed by atoms with Gasteiger partial charge in [-0.2, -0.15) is 5.10 Å². The van der Waals surface area contributed by atoms with Gasteiger partial charge in [0.05, 0.1) is 11.4 Å². The molecule has 0 aliphatic heterocycles. The van der Waals surface area contributed by atoms with E-state index in [9.17, 15) is 5.11 Å². The van der Waals surface area contributed by atoms with E-state index in [4.69, 9.17) is 0 Å². The van der Waals surface area contributed by atoms with Crippen molar-refractivity contribution in [1.29, 1.82) is 0 Å². The van der Waals surface area contributed by atoms with Crippen molar-refractivity contribution >= 4 is 10.8 Å². The quantitative estimate of drug-likeness (QED) is 0.788. The molecule has 0 fully saturated rings. The van der Waals surface area contributed by atoms with Gasteiger partial charge in [-0.25, -0.2) is 0 Å². The first kappa shape index (κ1) is 12.9. The largest absolute Gasteiger partial charge is 0.382 e. The molecule has 0 amide bonds. The highest BCUT2D eigenvalue weighted by Crippen LogP contribution is 2.26. The fraction of sp³-hybridized carbons (Fsp3) is 0.235. The number of hydrogen-bond donors (Lipinski definition) is 1. The van der Waals surface area contributed by atoms with Crippen molar-refractivity contribution in [2.45, 2.75) is 26.5 Å². The van der Waals surface area contributed by atoms with Gasteiger partial charge in [0.15, 0.2) is 0 Å². The highest BCUT2D eigenvalue weighted by atomic mass is 16.3. The van der Waals surface area contributed by atoms with Crippen molar-refractivity contribution in [3.05, 3.63) is 65.5 Å². The van der Waals surface area contributed by atoms with Crippen LogP contribution in [0.5, 0.6) is 0 Å². The summed E-state index contributed by atoms with van der Waals surface area (Å²) < 4.78 is 1.86. The Balaban J connectivity index is 2.05. The van der Waals surface area contributed by atoms with Crippen LogP contribution < -0.4 is 0 Å². The number of rotatable bonds is 3. The van der Waals surface area contributed by atoms with Crippen molar-refractivity contribution in [3.63, 3.8) is 0 Å². The lowest BCUT2D eigenvalue weighted by Gasteiger charge is -2.13. The molecule has 2 aromatic carbocycles. The molecule has 0 spiro atoms. The molecule has 3 aromatic rings. The highest BCUT2D eigenvalue weighted by molar-refractivity contribution is 5.83. The van der Waals surface area contributed by atoms with Crippen molar-refractivity contribution in [3.8, 4) is 0 Å². The van der Waals surface area contributed by atoms with Crippen molar-refractivity contribution in [2.75, 3.05) is 0 Å². The second-order valence-electron chi connectivity index (χ2n) is 5.04. The summed E-state index contributed by atoms with van der Waals surface area (Å²) in [7, 11) is 0. The molecule has 3 heteroatoms. The van der Waals surface area contributed by atoms with Gasteiger partial charge < -0.3 is 5.11 Å². The smallest absolute Gasteiger partial charge is 0.121 e. The maximum atomic E-state index is 10.6. The maximum Gasteiger partial charge on any atom is 0.121 e. The molecule has 0 saturated heterocycles. The molecule has 1 heterocycles. The Bertz CT molecular complexity index is 746. The van der Waals surface area contributed by atoms with E-state index in [0.29, 0.717) is 0 Å². The molecular weight excluding hydrogens is 248 g/mol. The summed E-state index contributed by atoms with van der Waals surface area (Å²) in [5.41, 5.74) is 2.68. The van der Waals surface area contributed by atoms with E-state index in [2.05, 4.69) is 17.2 Å². The Kier molecular flexibility index (Phi) is 3.28. The Morgan fingerprint density at radius 2 is 1.85 bits per heavy atom. The molecule has 1 N–H and O–H groups in total. The van der Waals surface area contributed by atoms with Crippen molar-refractivity contribution < 1.29 is 5.11 Å². The van der Waals surface area contributed by atoms with Gasteiger partial charge >= 0.3 is 0 Å². The summed E-state index contributed by atoms with van der Waals surface area (Å²) in [4.78, 5) is 0. The molecule has 0 aliphatic rings. The number of benzene rings is 2. The van der Waals surface area contributed by atoms with Gasteiger partial charge in [-0.1, -0.05) is 36.4 Å². The summed E-state index contributed by atoms with van der Waals surface area (Å²) in [5, 5.41) is 17.3. The van der Waals surface area contributed by atoms with E-state index in [0.717, 1.165) is 28.9 Å². The van der Waals surface area contributed by atoms with Crippen LogP contribution in [0.25, 0.3) is 10.8 Å². The van der Waals surface area contributed by atoms with E-state index in [-0.39, 0.29) is 0 Å². The monoisotopic (exact) mass is 266 g/mol. The van der Waals surface area contributed by atoms with Gasteiger partial charge in [0.25, 0.3) is 0 Å². The number of aryl methyl sites for hydroxylation is 2. The van der Waals surface area contributed by atoms with Crippen LogP contribution in [0.1, 0.15) is 30.0 Å². The maximum absolute atomic E-state index is 10.6. The third-order valence-corrected chi connectivity index (χ3v) is 3.60. The lowest BCUT2D eigenvalue weighted by atomic mass is 10.0. The van der Waals surface area contributed by atoms with Crippen LogP contribution in [-0.4, -0.2) is 14.9 Å².